The van der Waals surface area contributed by atoms with Crippen LogP contribution in [-0.2, 0) is 4.74 Å². The zero-order valence-electron chi connectivity index (χ0n) is 7.45. The molecule has 0 saturated heterocycles. The van der Waals surface area contributed by atoms with Crippen molar-refractivity contribution in [3.63, 3.8) is 0 Å². The Balaban J connectivity index is 2.36. The Bertz CT molecular complexity index is 147. The monoisotopic (exact) mass is 156 g/mol. The number of nitrogens with zero attached hydrogens (tertiary/aromatic N) is 2. The quantitative estimate of drug-likeness (QED) is 0.607. The number of hydrogen-bond acceptors (Lipinski definition) is 3. The first kappa shape index (κ1) is 8.40. The number of ether oxygens (including phenoxy) is 1. The van der Waals surface area contributed by atoms with Crippen molar-refractivity contribution in [2.24, 2.45) is 0 Å². The van der Waals surface area contributed by atoms with Crippen LogP contribution in [0.15, 0.2) is 12.4 Å². The van der Waals surface area contributed by atoms with E-state index in [1.807, 2.05) is 6.92 Å². The minimum Gasteiger partial charge on any atom is -0.362 e. The molecule has 3 nitrogen and oxygen atoms in total. The van der Waals surface area contributed by atoms with Crippen molar-refractivity contribution >= 4 is 0 Å². The highest BCUT2D eigenvalue weighted by Gasteiger charge is 2.14. The van der Waals surface area contributed by atoms with Crippen LogP contribution in [-0.4, -0.2) is 36.4 Å². The third-order valence-corrected chi connectivity index (χ3v) is 2.03. The van der Waals surface area contributed by atoms with Gasteiger partial charge in [-0.25, -0.2) is 0 Å². The average Bonchev–Trinajstić information content (AvgIpc) is 2.50. The van der Waals surface area contributed by atoms with E-state index in [1.54, 1.807) is 7.11 Å². The van der Waals surface area contributed by atoms with E-state index in [9.17, 15) is 0 Å². The first-order valence-electron chi connectivity index (χ1n) is 3.99. The van der Waals surface area contributed by atoms with Gasteiger partial charge in [0, 0.05) is 26.1 Å². The van der Waals surface area contributed by atoms with Crippen LogP contribution in [0.25, 0.3) is 0 Å². The van der Waals surface area contributed by atoms with Crippen LogP contribution in [0, 0.1) is 0 Å². The molecule has 0 saturated carbocycles. The standard InChI is InChI=1S/C8H16N2O/c1-4-9-5-6-10(7-9)8(2)11-3/h5-6,8H,4,7H2,1-3H3. The Kier molecular flexibility index (Phi) is 2.76. The van der Waals surface area contributed by atoms with Gasteiger partial charge in [-0.05, 0) is 13.8 Å². The summed E-state index contributed by atoms with van der Waals surface area (Å²) in [7, 11) is 1.73. The molecule has 3 heteroatoms. The summed E-state index contributed by atoms with van der Waals surface area (Å²) in [4.78, 5) is 4.39. The maximum absolute atomic E-state index is 5.17. The molecule has 0 fully saturated rings. The molecule has 1 unspecified atom stereocenters. The molecule has 0 radical (unpaired) electrons. The molecule has 0 amide bonds. The summed E-state index contributed by atoms with van der Waals surface area (Å²) in [5.41, 5.74) is 0. The Morgan fingerprint density at radius 2 is 2.27 bits per heavy atom. The molecule has 0 aliphatic carbocycles. The number of rotatable bonds is 3. The largest absolute Gasteiger partial charge is 0.362 e. The van der Waals surface area contributed by atoms with Crippen molar-refractivity contribution in [3.8, 4) is 0 Å². The van der Waals surface area contributed by atoms with E-state index >= 15 is 0 Å². The smallest absolute Gasteiger partial charge is 0.127 e. The van der Waals surface area contributed by atoms with E-state index in [0.717, 1.165) is 13.2 Å². The maximum Gasteiger partial charge on any atom is 0.127 e. The average molecular weight is 156 g/mol. The molecule has 0 bridgehead atoms. The summed E-state index contributed by atoms with van der Waals surface area (Å²) in [6.45, 7) is 6.20. The minimum absolute atomic E-state index is 0.183. The van der Waals surface area contributed by atoms with Crippen molar-refractivity contribution in [2.45, 2.75) is 20.1 Å². The van der Waals surface area contributed by atoms with E-state index in [-0.39, 0.29) is 6.23 Å². The van der Waals surface area contributed by atoms with Gasteiger partial charge in [0.15, 0.2) is 0 Å². The van der Waals surface area contributed by atoms with Gasteiger partial charge in [-0.15, -0.1) is 0 Å². The summed E-state index contributed by atoms with van der Waals surface area (Å²) in [6, 6.07) is 0. The predicted molar refractivity (Wildman–Crippen MR) is 44.7 cm³/mol. The molecular weight excluding hydrogens is 140 g/mol. The van der Waals surface area contributed by atoms with Crippen LogP contribution in [0.3, 0.4) is 0 Å². The molecular formula is C8H16N2O. The molecule has 64 valence electrons. The third kappa shape index (κ3) is 1.87. The van der Waals surface area contributed by atoms with E-state index < -0.39 is 0 Å². The molecule has 0 spiro atoms. The van der Waals surface area contributed by atoms with Gasteiger partial charge in [0.1, 0.15) is 6.23 Å². The van der Waals surface area contributed by atoms with Crippen molar-refractivity contribution in [1.82, 2.24) is 9.80 Å². The highest BCUT2D eigenvalue weighted by Crippen LogP contribution is 2.09. The van der Waals surface area contributed by atoms with Gasteiger partial charge in [-0.2, -0.15) is 0 Å². The van der Waals surface area contributed by atoms with E-state index in [2.05, 4.69) is 29.1 Å². The maximum atomic E-state index is 5.17. The second-order valence-corrected chi connectivity index (χ2v) is 2.69. The fraction of sp³-hybridized carbons (Fsp3) is 0.750. The summed E-state index contributed by atoms with van der Waals surface area (Å²) >= 11 is 0. The van der Waals surface area contributed by atoms with E-state index in [1.165, 1.54) is 0 Å². The molecule has 1 aliphatic rings. The number of methoxy groups -OCH3 is 1. The molecule has 1 aliphatic heterocycles. The van der Waals surface area contributed by atoms with Gasteiger partial charge >= 0.3 is 0 Å². The summed E-state index contributed by atoms with van der Waals surface area (Å²) in [5, 5.41) is 0. The second kappa shape index (κ2) is 3.62. The Hall–Kier alpha value is -0.700. The lowest BCUT2D eigenvalue weighted by atomic mass is 10.6. The molecule has 0 aromatic heterocycles. The zero-order chi connectivity index (χ0) is 8.27. The first-order chi connectivity index (χ1) is 5.27. The van der Waals surface area contributed by atoms with E-state index in [0.29, 0.717) is 0 Å². The Morgan fingerprint density at radius 1 is 1.55 bits per heavy atom. The van der Waals surface area contributed by atoms with Gasteiger partial charge in [-0.3, -0.25) is 0 Å². The summed E-state index contributed by atoms with van der Waals surface area (Å²) < 4.78 is 5.17. The molecule has 0 N–H and O–H groups in total. The molecule has 0 aromatic rings. The predicted octanol–water partition coefficient (Wildman–Crippen LogP) is 1.04. The van der Waals surface area contributed by atoms with Crippen molar-refractivity contribution in [1.29, 1.82) is 0 Å². The van der Waals surface area contributed by atoms with Crippen LogP contribution < -0.4 is 0 Å². The van der Waals surface area contributed by atoms with Gasteiger partial charge in [0.2, 0.25) is 0 Å². The molecule has 11 heavy (non-hydrogen) atoms. The molecule has 1 heterocycles. The summed E-state index contributed by atoms with van der Waals surface area (Å²) in [6.07, 6.45) is 4.34. The van der Waals surface area contributed by atoms with Crippen LogP contribution in [0.4, 0.5) is 0 Å². The van der Waals surface area contributed by atoms with Gasteiger partial charge in [0.05, 0.1) is 6.67 Å². The number of hydrogen-bond donors (Lipinski definition) is 0. The fourth-order valence-electron chi connectivity index (χ4n) is 1.06. The lowest BCUT2D eigenvalue weighted by Crippen LogP contribution is -2.32. The Morgan fingerprint density at radius 3 is 2.73 bits per heavy atom. The summed E-state index contributed by atoms with van der Waals surface area (Å²) in [5.74, 6) is 0. The SMILES string of the molecule is CCN1C=CN(C(C)OC)C1. The van der Waals surface area contributed by atoms with Crippen LogP contribution in [0.1, 0.15) is 13.8 Å². The first-order valence-corrected chi connectivity index (χ1v) is 3.99. The van der Waals surface area contributed by atoms with Crippen LogP contribution in [0.2, 0.25) is 0 Å². The van der Waals surface area contributed by atoms with Crippen LogP contribution >= 0.6 is 0 Å². The van der Waals surface area contributed by atoms with Crippen LogP contribution in [0.5, 0.6) is 0 Å². The zero-order valence-corrected chi connectivity index (χ0v) is 7.45. The topological polar surface area (TPSA) is 15.7 Å². The lowest BCUT2D eigenvalue weighted by molar-refractivity contribution is 0.000941. The van der Waals surface area contributed by atoms with E-state index in [4.69, 9.17) is 4.74 Å². The second-order valence-electron chi connectivity index (χ2n) is 2.69. The minimum atomic E-state index is 0.183. The fourth-order valence-corrected chi connectivity index (χ4v) is 1.06. The highest BCUT2D eigenvalue weighted by molar-refractivity contribution is 4.90. The molecule has 1 rings (SSSR count). The van der Waals surface area contributed by atoms with Gasteiger partial charge in [-0.1, -0.05) is 0 Å². The van der Waals surface area contributed by atoms with Crippen molar-refractivity contribution < 1.29 is 4.74 Å². The molecule has 1 atom stereocenters. The molecule has 0 aromatic carbocycles. The van der Waals surface area contributed by atoms with Crippen molar-refractivity contribution in [3.05, 3.63) is 12.4 Å². The lowest BCUT2D eigenvalue weighted by Gasteiger charge is -2.24. The van der Waals surface area contributed by atoms with Crippen molar-refractivity contribution in [2.75, 3.05) is 20.3 Å². The highest BCUT2D eigenvalue weighted by atomic mass is 16.5. The van der Waals surface area contributed by atoms with Gasteiger partial charge in [0.25, 0.3) is 0 Å². The Labute approximate surface area is 68.2 Å². The third-order valence-electron chi connectivity index (χ3n) is 2.03. The van der Waals surface area contributed by atoms with Gasteiger partial charge < -0.3 is 14.5 Å². The normalized spacial score (nSPS) is 19.5.